The highest BCUT2D eigenvalue weighted by Gasteiger charge is 2.23. The van der Waals surface area contributed by atoms with Crippen molar-refractivity contribution in [2.45, 2.75) is 31.3 Å². The molecule has 0 saturated heterocycles. The van der Waals surface area contributed by atoms with Gasteiger partial charge < -0.3 is 38.3 Å². The van der Waals surface area contributed by atoms with Crippen LogP contribution in [0.4, 0.5) is 0 Å². The Hall–Kier alpha value is -2.89. The van der Waals surface area contributed by atoms with Gasteiger partial charge >= 0.3 is 5.97 Å². The number of nitrogens with zero attached hydrogens (tertiary/aromatic N) is 1. The minimum atomic E-state index is -1.25. The van der Waals surface area contributed by atoms with Gasteiger partial charge in [-0.2, -0.15) is 0 Å². The van der Waals surface area contributed by atoms with Gasteiger partial charge in [0.15, 0.2) is 5.96 Å². The molecule has 25 heavy (non-hydrogen) atoms. The fourth-order valence-electron chi connectivity index (χ4n) is 1.75. The highest BCUT2D eigenvalue weighted by molar-refractivity contribution is 5.92. The number of carboxylic acids is 1. The number of hydrogen-bond donors (Lipinski definition) is 7. The van der Waals surface area contributed by atoms with Gasteiger partial charge in [-0.25, -0.2) is 0 Å². The summed E-state index contributed by atoms with van der Waals surface area (Å²) >= 11 is 0. The number of carboxylic acid groups (broad SMARTS) is 1. The van der Waals surface area contributed by atoms with Gasteiger partial charge in [0.2, 0.25) is 17.7 Å². The van der Waals surface area contributed by atoms with E-state index >= 15 is 0 Å². The SMILES string of the molecule is CNC(=O)C(CC(=O)O)NC(=O)CNC(=O)C(N)CCCN=C(N)N. The Kier molecular flexibility index (Phi) is 10.3. The highest BCUT2D eigenvalue weighted by Crippen LogP contribution is 1.96. The van der Waals surface area contributed by atoms with Gasteiger partial charge in [0.1, 0.15) is 6.04 Å². The summed E-state index contributed by atoms with van der Waals surface area (Å²) in [5.41, 5.74) is 16.0. The topological polar surface area (TPSA) is 215 Å². The van der Waals surface area contributed by atoms with Crippen molar-refractivity contribution in [3.8, 4) is 0 Å². The second-order valence-electron chi connectivity index (χ2n) is 5.11. The predicted octanol–water partition coefficient (Wildman–Crippen LogP) is -3.81. The summed E-state index contributed by atoms with van der Waals surface area (Å²) in [6.07, 6.45) is 0.212. The molecule has 12 nitrogen and oxygen atoms in total. The molecule has 12 heteroatoms. The molecule has 0 saturated carbocycles. The Bertz CT molecular complexity index is 519. The molecular weight excluding hydrogens is 334 g/mol. The van der Waals surface area contributed by atoms with Crippen molar-refractivity contribution in [2.75, 3.05) is 20.1 Å². The second-order valence-corrected chi connectivity index (χ2v) is 5.11. The maximum absolute atomic E-state index is 11.8. The first kappa shape index (κ1) is 22.1. The van der Waals surface area contributed by atoms with E-state index in [1.165, 1.54) is 7.05 Å². The monoisotopic (exact) mass is 359 g/mol. The van der Waals surface area contributed by atoms with Gasteiger partial charge in [0, 0.05) is 13.6 Å². The maximum atomic E-state index is 11.8. The van der Waals surface area contributed by atoms with Crippen LogP contribution in [0.15, 0.2) is 4.99 Å². The number of aliphatic imine (C=N–C) groups is 1. The Balaban J connectivity index is 4.28. The van der Waals surface area contributed by atoms with Gasteiger partial charge in [-0.3, -0.25) is 24.2 Å². The zero-order valence-electron chi connectivity index (χ0n) is 13.9. The average molecular weight is 359 g/mol. The molecule has 0 radical (unpaired) electrons. The van der Waals surface area contributed by atoms with Crippen LogP contribution in [-0.2, 0) is 19.2 Å². The van der Waals surface area contributed by atoms with Crippen LogP contribution in [0.1, 0.15) is 19.3 Å². The largest absolute Gasteiger partial charge is 0.481 e. The van der Waals surface area contributed by atoms with Gasteiger partial charge in [-0.05, 0) is 12.8 Å². The summed E-state index contributed by atoms with van der Waals surface area (Å²) < 4.78 is 0. The summed E-state index contributed by atoms with van der Waals surface area (Å²) in [6.45, 7) is -0.111. The number of rotatable bonds is 11. The normalized spacial score (nSPS) is 12.4. The standard InChI is InChI=1S/C13H25N7O5/c1-17-12(25)8(5-10(22)23)20-9(21)6-19-11(24)7(14)3-2-4-18-13(15)16/h7-8H,2-6,14H2,1H3,(H,17,25)(H,19,24)(H,20,21)(H,22,23)(H4,15,16,18). The Morgan fingerprint density at radius 1 is 1.16 bits per heavy atom. The number of likely N-dealkylation sites (N-methyl/N-ethyl adjacent to an activating group) is 1. The molecule has 2 atom stereocenters. The minimum Gasteiger partial charge on any atom is -0.481 e. The van der Waals surface area contributed by atoms with E-state index in [2.05, 4.69) is 20.9 Å². The molecular formula is C13H25N7O5. The summed E-state index contributed by atoms with van der Waals surface area (Å²) in [4.78, 5) is 49.4. The molecule has 0 aliphatic heterocycles. The molecule has 2 unspecified atom stereocenters. The van der Waals surface area contributed by atoms with Gasteiger partial charge in [0.05, 0.1) is 19.0 Å². The van der Waals surface area contributed by atoms with Gasteiger partial charge in [0.25, 0.3) is 0 Å². The molecule has 142 valence electrons. The molecule has 0 aromatic rings. The Morgan fingerprint density at radius 2 is 1.80 bits per heavy atom. The summed E-state index contributed by atoms with van der Waals surface area (Å²) in [5.74, 6) is -3.23. The third kappa shape index (κ3) is 10.5. The quantitative estimate of drug-likeness (QED) is 0.110. The average Bonchev–Trinajstić information content (AvgIpc) is 2.54. The van der Waals surface area contributed by atoms with Crippen molar-refractivity contribution in [3.05, 3.63) is 0 Å². The lowest BCUT2D eigenvalue weighted by atomic mass is 10.1. The molecule has 0 aromatic carbocycles. The zero-order chi connectivity index (χ0) is 19.4. The Labute approximate surface area is 144 Å². The van der Waals surface area contributed by atoms with Gasteiger partial charge in [-0.1, -0.05) is 0 Å². The lowest BCUT2D eigenvalue weighted by Crippen LogP contribution is -2.51. The van der Waals surface area contributed by atoms with Crippen LogP contribution in [0.3, 0.4) is 0 Å². The number of carbonyl (C=O) groups excluding carboxylic acids is 3. The van der Waals surface area contributed by atoms with Crippen LogP contribution >= 0.6 is 0 Å². The third-order valence-corrected chi connectivity index (χ3v) is 3.00. The fraction of sp³-hybridized carbons (Fsp3) is 0.615. The van der Waals surface area contributed by atoms with Gasteiger partial charge in [-0.15, -0.1) is 0 Å². The van der Waals surface area contributed by atoms with Crippen molar-refractivity contribution in [1.82, 2.24) is 16.0 Å². The maximum Gasteiger partial charge on any atom is 0.305 e. The van der Waals surface area contributed by atoms with Crippen LogP contribution in [0.25, 0.3) is 0 Å². The molecule has 0 heterocycles. The van der Waals surface area contributed by atoms with E-state index in [9.17, 15) is 19.2 Å². The lowest BCUT2D eigenvalue weighted by molar-refractivity contribution is -0.140. The zero-order valence-corrected chi connectivity index (χ0v) is 13.9. The summed E-state index contributed by atoms with van der Waals surface area (Å²) in [6, 6.07) is -2.09. The van der Waals surface area contributed by atoms with E-state index in [1.807, 2.05) is 0 Å². The molecule has 0 aromatic heterocycles. The lowest BCUT2D eigenvalue weighted by Gasteiger charge is -2.16. The van der Waals surface area contributed by atoms with E-state index in [4.69, 9.17) is 22.3 Å². The van der Waals surface area contributed by atoms with E-state index in [-0.39, 0.29) is 5.96 Å². The van der Waals surface area contributed by atoms with Crippen molar-refractivity contribution in [3.63, 3.8) is 0 Å². The first-order valence-corrected chi connectivity index (χ1v) is 7.48. The van der Waals surface area contributed by atoms with Crippen LogP contribution in [-0.4, -0.2) is 67.0 Å². The van der Waals surface area contributed by atoms with Crippen LogP contribution in [0.2, 0.25) is 0 Å². The molecule has 0 aliphatic carbocycles. The van der Waals surface area contributed by atoms with E-state index < -0.39 is 48.7 Å². The number of aliphatic carboxylic acids is 1. The summed E-state index contributed by atoms with van der Waals surface area (Å²) in [5, 5.41) is 15.5. The smallest absolute Gasteiger partial charge is 0.305 e. The first-order valence-electron chi connectivity index (χ1n) is 7.48. The van der Waals surface area contributed by atoms with Crippen molar-refractivity contribution in [1.29, 1.82) is 0 Å². The Morgan fingerprint density at radius 3 is 2.32 bits per heavy atom. The number of hydrogen-bond acceptors (Lipinski definition) is 6. The predicted molar refractivity (Wildman–Crippen MR) is 89.1 cm³/mol. The number of nitrogens with two attached hydrogens (primary N) is 3. The second kappa shape index (κ2) is 11.6. The highest BCUT2D eigenvalue weighted by atomic mass is 16.4. The first-order chi connectivity index (χ1) is 11.7. The fourth-order valence-corrected chi connectivity index (χ4v) is 1.75. The van der Waals surface area contributed by atoms with Crippen LogP contribution < -0.4 is 33.2 Å². The molecule has 0 fully saturated rings. The van der Waals surface area contributed by atoms with Crippen molar-refractivity contribution >= 4 is 29.7 Å². The van der Waals surface area contributed by atoms with E-state index in [1.54, 1.807) is 0 Å². The van der Waals surface area contributed by atoms with Crippen molar-refractivity contribution < 1.29 is 24.3 Å². The summed E-state index contributed by atoms with van der Waals surface area (Å²) in [7, 11) is 1.31. The molecule has 0 rings (SSSR count). The molecule has 10 N–H and O–H groups in total. The number of guanidine groups is 1. The number of carbonyl (C=O) groups is 4. The molecule has 0 bridgehead atoms. The third-order valence-electron chi connectivity index (χ3n) is 3.00. The number of nitrogens with one attached hydrogen (secondary N) is 3. The van der Waals surface area contributed by atoms with Crippen LogP contribution in [0.5, 0.6) is 0 Å². The molecule has 0 spiro atoms. The van der Waals surface area contributed by atoms with Crippen LogP contribution in [0, 0.1) is 0 Å². The van der Waals surface area contributed by atoms with Crippen molar-refractivity contribution in [2.24, 2.45) is 22.2 Å². The minimum absolute atomic E-state index is 0.0540. The number of amides is 3. The molecule has 3 amide bonds. The van der Waals surface area contributed by atoms with E-state index in [0.717, 1.165) is 0 Å². The molecule has 0 aliphatic rings. The van der Waals surface area contributed by atoms with E-state index in [0.29, 0.717) is 19.4 Å².